The first-order chi connectivity index (χ1) is 11.5. The minimum atomic E-state index is -3.35. The fraction of sp³-hybridized carbons (Fsp3) is 0.294. The number of hydrogen-bond acceptors (Lipinski definition) is 5. The lowest BCUT2D eigenvalue weighted by Gasteiger charge is -2.19. The van der Waals surface area contributed by atoms with E-state index in [1.54, 1.807) is 30.5 Å². The Morgan fingerprint density at radius 1 is 1.21 bits per heavy atom. The highest BCUT2D eigenvalue weighted by Crippen LogP contribution is 2.13. The van der Waals surface area contributed by atoms with Crippen molar-refractivity contribution in [1.82, 2.24) is 9.29 Å². The summed E-state index contributed by atoms with van der Waals surface area (Å²) in [7, 11) is -3.35. The number of benzene rings is 1. The molecule has 0 spiro atoms. The average Bonchev–Trinajstić information content (AvgIpc) is 2.56. The quantitative estimate of drug-likeness (QED) is 0.730. The third-order valence-electron chi connectivity index (χ3n) is 3.35. The van der Waals surface area contributed by atoms with Crippen molar-refractivity contribution in [2.24, 2.45) is 0 Å². The van der Waals surface area contributed by atoms with Gasteiger partial charge in [0.05, 0.1) is 31.0 Å². The van der Waals surface area contributed by atoms with Gasteiger partial charge in [0.25, 0.3) is 0 Å². The van der Waals surface area contributed by atoms with Crippen molar-refractivity contribution in [2.45, 2.75) is 13.0 Å². The highest BCUT2D eigenvalue weighted by molar-refractivity contribution is 7.88. The van der Waals surface area contributed by atoms with Crippen LogP contribution in [0.4, 0.5) is 0 Å². The highest BCUT2D eigenvalue weighted by Gasteiger charge is 2.17. The van der Waals surface area contributed by atoms with E-state index in [0.717, 1.165) is 5.56 Å². The van der Waals surface area contributed by atoms with Crippen molar-refractivity contribution < 1.29 is 13.2 Å². The van der Waals surface area contributed by atoms with Gasteiger partial charge in [-0.1, -0.05) is 18.2 Å². The van der Waals surface area contributed by atoms with Crippen LogP contribution >= 0.6 is 0 Å². The second kappa shape index (κ2) is 8.43. The number of nitriles is 1. The van der Waals surface area contributed by atoms with E-state index in [0.29, 0.717) is 17.9 Å². The molecule has 0 aliphatic carbocycles. The smallest absolute Gasteiger partial charge is 0.211 e. The normalized spacial score (nSPS) is 11.2. The molecule has 0 fully saturated rings. The van der Waals surface area contributed by atoms with Crippen LogP contribution in [0.5, 0.6) is 5.75 Å². The maximum absolute atomic E-state index is 11.9. The van der Waals surface area contributed by atoms with Gasteiger partial charge in [-0.25, -0.2) is 8.42 Å². The van der Waals surface area contributed by atoms with Crippen LogP contribution in [0, 0.1) is 11.3 Å². The average molecular weight is 345 g/mol. The number of ether oxygens (including phenoxy) is 1. The van der Waals surface area contributed by atoms with E-state index in [1.165, 1.54) is 10.6 Å². The molecule has 0 radical (unpaired) electrons. The number of aromatic nitrogens is 1. The first-order valence-corrected chi connectivity index (χ1v) is 9.27. The first kappa shape index (κ1) is 17.9. The van der Waals surface area contributed by atoms with Crippen LogP contribution < -0.4 is 4.74 Å². The number of sulfonamides is 1. The van der Waals surface area contributed by atoms with E-state index in [1.807, 2.05) is 18.2 Å². The SMILES string of the molecule is CS(=O)(=O)N(CCOc1ccc(CC#N)cc1)Cc1ccccn1. The molecule has 1 aromatic heterocycles. The molecule has 2 aromatic rings. The maximum atomic E-state index is 11.9. The van der Waals surface area contributed by atoms with Crippen molar-refractivity contribution in [1.29, 1.82) is 5.26 Å². The van der Waals surface area contributed by atoms with Crippen molar-refractivity contribution in [3.05, 3.63) is 59.9 Å². The fourth-order valence-corrected chi connectivity index (χ4v) is 2.87. The van der Waals surface area contributed by atoms with Crippen LogP contribution in [0.3, 0.4) is 0 Å². The summed E-state index contributed by atoms with van der Waals surface area (Å²) in [5, 5.41) is 8.64. The number of hydrogen-bond donors (Lipinski definition) is 0. The van der Waals surface area contributed by atoms with Gasteiger partial charge < -0.3 is 4.74 Å². The largest absolute Gasteiger partial charge is 0.492 e. The van der Waals surface area contributed by atoms with Crippen LogP contribution in [0.1, 0.15) is 11.3 Å². The molecule has 0 N–H and O–H groups in total. The lowest BCUT2D eigenvalue weighted by atomic mass is 10.2. The van der Waals surface area contributed by atoms with Gasteiger partial charge in [-0.05, 0) is 29.8 Å². The Hall–Kier alpha value is -2.43. The molecule has 0 aliphatic rings. The molecule has 0 saturated heterocycles. The summed E-state index contributed by atoms with van der Waals surface area (Å²) in [5.41, 5.74) is 1.60. The summed E-state index contributed by atoms with van der Waals surface area (Å²) >= 11 is 0. The fourth-order valence-electron chi connectivity index (χ4n) is 2.09. The van der Waals surface area contributed by atoms with Crippen LogP contribution in [-0.2, 0) is 23.0 Å². The van der Waals surface area contributed by atoms with Crippen LogP contribution in [0.25, 0.3) is 0 Å². The van der Waals surface area contributed by atoms with Gasteiger partial charge in [0.1, 0.15) is 12.4 Å². The Kier molecular flexibility index (Phi) is 6.29. The van der Waals surface area contributed by atoms with Crippen LogP contribution in [0.15, 0.2) is 48.7 Å². The molecular formula is C17H19N3O3S. The number of rotatable bonds is 8. The maximum Gasteiger partial charge on any atom is 0.211 e. The van der Waals surface area contributed by atoms with Crippen LogP contribution in [-0.4, -0.2) is 37.1 Å². The van der Waals surface area contributed by atoms with Gasteiger partial charge in [-0.3, -0.25) is 4.98 Å². The van der Waals surface area contributed by atoms with E-state index in [-0.39, 0.29) is 19.7 Å². The molecule has 2 rings (SSSR count). The van der Waals surface area contributed by atoms with Crippen molar-refractivity contribution in [3.63, 3.8) is 0 Å². The standard InChI is InChI=1S/C17H19N3O3S/c1-24(21,22)20(14-16-4-2-3-11-19-16)12-13-23-17-7-5-15(6-8-17)9-10-18/h2-8,11H,9,12-14H2,1H3. The molecule has 7 heteroatoms. The predicted molar refractivity (Wildman–Crippen MR) is 90.7 cm³/mol. The third kappa shape index (κ3) is 5.65. The predicted octanol–water partition coefficient (Wildman–Crippen LogP) is 1.99. The molecule has 0 bridgehead atoms. The number of pyridine rings is 1. The molecule has 0 atom stereocenters. The first-order valence-electron chi connectivity index (χ1n) is 7.43. The molecule has 0 unspecified atom stereocenters. The zero-order chi connectivity index (χ0) is 17.4. The summed E-state index contributed by atoms with van der Waals surface area (Å²) in [6.45, 7) is 0.678. The Labute approximate surface area is 142 Å². The lowest BCUT2D eigenvalue weighted by molar-refractivity contribution is 0.269. The summed E-state index contributed by atoms with van der Waals surface area (Å²) in [6.07, 6.45) is 3.16. The minimum absolute atomic E-state index is 0.212. The molecule has 24 heavy (non-hydrogen) atoms. The zero-order valence-electron chi connectivity index (χ0n) is 13.4. The molecule has 1 heterocycles. The lowest BCUT2D eigenvalue weighted by Crippen LogP contribution is -2.33. The van der Waals surface area contributed by atoms with Crippen molar-refractivity contribution in [3.8, 4) is 11.8 Å². The van der Waals surface area contributed by atoms with Gasteiger partial charge >= 0.3 is 0 Å². The van der Waals surface area contributed by atoms with E-state index in [2.05, 4.69) is 11.1 Å². The van der Waals surface area contributed by atoms with Crippen molar-refractivity contribution in [2.75, 3.05) is 19.4 Å². The molecule has 0 amide bonds. The summed E-state index contributed by atoms with van der Waals surface area (Å²) < 4.78 is 30.7. The van der Waals surface area contributed by atoms with Crippen molar-refractivity contribution >= 4 is 10.0 Å². The topological polar surface area (TPSA) is 83.3 Å². The second-order valence-corrected chi connectivity index (χ2v) is 7.23. The van der Waals surface area contributed by atoms with Gasteiger partial charge in [-0.15, -0.1) is 0 Å². The second-order valence-electron chi connectivity index (χ2n) is 5.24. The summed E-state index contributed by atoms with van der Waals surface area (Å²) in [6, 6.07) is 14.7. The molecule has 126 valence electrons. The molecule has 1 aromatic carbocycles. The monoisotopic (exact) mass is 345 g/mol. The minimum Gasteiger partial charge on any atom is -0.492 e. The van der Waals surface area contributed by atoms with Gasteiger partial charge in [0, 0.05) is 12.7 Å². The molecule has 0 saturated carbocycles. The Balaban J connectivity index is 1.92. The van der Waals surface area contributed by atoms with E-state index < -0.39 is 10.0 Å². The summed E-state index contributed by atoms with van der Waals surface area (Å²) in [4.78, 5) is 4.15. The Morgan fingerprint density at radius 2 is 1.96 bits per heavy atom. The van der Waals surface area contributed by atoms with E-state index >= 15 is 0 Å². The molecule has 6 nitrogen and oxygen atoms in total. The van der Waals surface area contributed by atoms with E-state index in [4.69, 9.17) is 10.00 Å². The number of nitrogens with zero attached hydrogens (tertiary/aromatic N) is 3. The highest BCUT2D eigenvalue weighted by atomic mass is 32.2. The van der Waals surface area contributed by atoms with Crippen LogP contribution in [0.2, 0.25) is 0 Å². The third-order valence-corrected chi connectivity index (χ3v) is 4.60. The van der Waals surface area contributed by atoms with E-state index in [9.17, 15) is 8.42 Å². The Bertz CT molecular complexity index is 784. The molecular weight excluding hydrogens is 326 g/mol. The van der Waals surface area contributed by atoms with Gasteiger partial charge in [0.15, 0.2) is 0 Å². The van der Waals surface area contributed by atoms with Gasteiger partial charge in [-0.2, -0.15) is 9.57 Å². The Morgan fingerprint density at radius 3 is 2.54 bits per heavy atom. The zero-order valence-corrected chi connectivity index (χ0v) is 14.2. The summed E-state index contributed by atoms with van der Waals surface area (Å²) in [5.74, 6) is 0.642. The molecule has 0 aliphatic heterocycles. The van der Waals surface area contributed by atoms with Gasteiger partial charge in [0.2, 0.25) is 10.0 Å².